The van der Waals surface area contributed by atoms with Gasteiger partial charge in [0, 0.05) is 37.8 Å². The number of hydrogen-bond donors (Lipinski definition) is 0. The first-order chi connectivity index (χ1) is 15.0. The van der Waals surface area contributed by atoms with Crippen LogP contribution in [0, 0.1) is 0 Å². The minimum absolute atomic E-state index is 0.0431. The van der Waals surface area contributed by atoms with Crippen LogP contribution in [0.2, 0.25) is 0 Å². The molecule has 2 aromatic rings. The maximum atomic E-state index is 13.4. The zero-order chi connectivity index (χ0) is 21.8. The van der Waals surface area contributed by atoms with E-state index in [4.69, 9.17) is 9.15 Å². The number of benzene rings is 1. The molecule has 2 aliphatic rings. The van der Waals surface area contributed by atoms with Crippen molar-refractivity contribution in [1.82, 2.24) is 14.8 Å². The summed E-state index contributed by atoms with van der Waals surface area (Å²) in [5.41, 5.74) is 1.18. The lowest BCUT2D eigenvalue weighted by molar-refractivity contribution is 0.0371. The molecule has 0 atom stereocenters. The lowest BCUT2D eigenvalue weighted by atomic mass is 9.93. The molecule has 1 aliphatic heterocycles. The van der Waals surface area contributed by atoms with Crippen molar-refractivity contribution in [2.45, 2.75) is 58.1 Å². The number of nitrogens with zero attached hydrogens (tertiary/aromatic N) is 3. The summed E-state index contributed by atoms with van der Waals surface area (Å²) in [7, 11) is 0. The third kappa shape index (κ3) is 4.82. The molecule has 0 radical (unpaired) electrons. The van der Waals surface area contributed by atoms with E-state index < -0.39 is 5.97 Å². The summed E-state index contributed by atoms with van der Waals surface area (Å²) in [6.45, 7) is 6.80. The Balaban J connectivity index is 1.50. The summed E-state index contributed by atoms with van der Waals surface area (Å²) >= 11 is 0. The molecule has 1 aromatic heterocycles. The van der Waals surface area contributed by atoms with Gasteiger partial charge in [0.15, 0.2) is 17.8 Å². The Kier molecular flexibility index (Phi) is 6.70. The fraction of sp³-hybridized carbons (Fsp3) is 0.542. The number of carbonyl (C=O) groups is 2. The summed E-state index contributed by atoms with van der Waals surface area (Å²) in [5, 5.41) is 0. The van der Waals surface area contributed by atoms with Gasteiger partial charge in [-0.2, -0.15) is 0 Å². The van der Waals surface area contributed by atoms with Gasteiger partial charge >= 0.3 is 5.97 Å². The monoisotopic (exact) mass is 425 g/mol. The molecule has 1 aliphatic carbocycles. The SMILES string of the molecule is CC(C)OC(=O)c1ncoc1-c1ccccc1C(=O)N1CCN(C2CCCCC2)CC1. The first kappa shape index (κ1) is 21.6. The largest absolute Gasteiger partial charge is 0.458 e. The molecule has 1 saturated heterocycles. The molecular formula is C24H31N3O4. The van der Waals surface area contributed by atoms with Gasteiger partial charge in [0.25, 0.3) is 5.91 Å². The molecule has 0 bridgehead atoms. The number of aromatic nitrogens is 1. The van der Waals surface area contributed by atoms with Gasteiger partial charge in [0.2, 0.25) is 0 Å². The molecule has 0 N–H and O–H groups in total. The Morgan fingerprint density at radius 1 is 1.06 bits per heavy atom. The molecule has 31 heavy (non-hydrogen) atoms. The first-order valence-electron chi connectivity index (χ1n) is 11.3. The van der Waals surface area contributed by atoms with Crippen molar-refractivity contribution in [1.29, 1.82) is 0 Å². The summed E-state index contributed by atoms with van der Waals surface area (Å²) < 4.78 is 10.8. The molecule has 2 fully saturated rings. The van der Waals surface area contributed by atoms with Crippen LogP contribution in [-0.4, -0.2) is 65.0 Å². The fourth-order valence-corrected chi connectivity index (χ4v) is 4.63. The van der Waals surface area contributed by atoms with Gasteiger partial charge < -0.3 is 14.1 Å². The number of ether oxygens (including phenoxy) is 1. The zero-order valence-corrected chi connectivity index (χ0v) is 18.4. The Labute approximate surface area is 183 Å². The predicted octanol–water partition coefficient (Wildman–Crippen LogP) is 4.00. The van der Waals surface area contributed by atoms with Crippen molar-refractivity contribution in [3.63, 3.8) is 0 Å². The smallest absolute Gasteiger partial charge is 0.361 e. The maximum Gasteiger partial charge on any atom is 0.361 e. The molecular weight excluding hydrogens is 394 g/mol. The lowest BCUT2D eigenvalue weighted by Crippen LogP contribution is -2.52. The van der Waals surface area contributed by atoms with Gasteiger partial charge in [0.1, 0.15) is 0 Å². The number of amides is 1. The highest BCUT2D eigenvalue weighted by Gasteiger charge is 2.30. The Morgan fingerprint density at radius 3 is 2.48 bits per heavy atom. The Hall–Kier alpha value is -2.67. The second-order valence-corrected chi connectivity index (χ2v) is 8.65. The quantitative estimate of drug-likeness (QED) is 0.674. The van der Waals surface area contributed by atoms with E-state index in [2.05, 4.69) is 9.88 Å². The van der Waals surface area contributed by atoms with Crippen LogP contribution in [0.4, 0.5) is 0 Å². The van der Waals surface area contributed by atoms with E-state index in [1.54, 1.807) is 26.0 Å². The standard InChI is InChI=1S/C24H31N3O4/c1-17(2)31-24(29)21-22(30-16-25-21)19-10-6-7-11-20(19)23(28)27-14-12-26(13-15-27)18-8-4-3-5-9-18/h6-7,10-11,16-18H,3-5,8-9,12-15H2,1-2H3. The number of hydrogen-bond acceptors (Lipinski definition) is 6. The molecule has 0 unspecified atom stereocenters. The van der Waals surface area contributed by atoms with Crippen LogP contribution in [-0.2, 0) is 4.74 Å². The van der Waals surface area contributed by atoms with Gasteiger partial charge in [-0.3, -0.25) is 9.69 Å². The van der Waals surface area contributed by atoms with Crippen LogP contribution < -0.4 is 0 Å². The van der Waals surface area contributed by atoms with E-state index in [1.165, 1.54) is 38.5 Å². The fourth-order valence-electron chi connectivity index (χ4n) is 4.63. The van der Waals surface area contributed by atoms with Crippen LogP contribution in [0.3, 0.4) is 0 Å². The molecule has 1 amide bonds. The van der Waals surface area contributed by atoms with Crippen molar-refractivity contribution in [2.24, 2.45) is 0 Å². The molecule has 1 aromatic carbocycles. The third-order valence-corrected chi connectivity index (χ3v) is 6.20. The highest BCUT2D eigenvalue weighted by Crippen LogP contribution is 2.29. The van der Waals surface area contributed by atoms with Crippen LogP contribution in [0.25, 0.3) is 11.3 Å². The highest BCUT2D eigenvalue weighted by molar-refractivity contribution is 6.03. The molecule has 7 heteroatoms. The second kappa shape index (κ2) is 9.64. The maximum absolute atomic E-state index is 13.4. The van der Waals surface area contributed by atoms with E-state index in [9.17, 15) is 9.59 Å². The van der Waals surface area contributed by atoms with Crippen LogP contribution >= 0.6 is 0 Å². The van der Waals surface area contributed by atoms with Crippen molar-refractivity contribution in [3.8, 4) is 11.3 Å². The molecule has 0 spiro atoms. The van der Waals surface area contributed by atoms with Crippen molar-refractivity contribution in [3.05, 3.63) is 41.9 Å². The van der Waals surface area contributed by atoms with E-state index in [-0.39, 0.29) is 23.5 Å². The number of carbonyl (C=O) groups excluding carboxylic acids is 2. The minimum Gasteiger partial charge on any atom is -0.458 e. The molecule has 4 rings (SSSR count). The average Bonchev–Trinajstić information content (AvgIpc) is 3.29. The van der Waals surface area contributed by atoms with Crippen LogP contribution in [0.5, 0.6) is 0 Å². The molecule has 1 saturated carbocycles. The van der Waals surface area contributed by atoms with Crippen LogP contribution in [0.1, 0.15) is 66.8 Å². The topological polar surface area (TPSA) is 75.9 Å². The van der Waals surface area contributed by atoms with Crippen molar-refractivity contribution in [2.75, 3.05) is 26.2 Å². The van der Waals surface area contributed by atoms with E-state index in [0.29, 0.717) is 30.3 Å². The van der Waals surface area contributed by atoms with Gasteiger partial charge in [-0.1, -0.05) is 37.5 Å². The number of rotatable bonds is 5. The van der Waals surface area contributed by atoms with E-state index in [0.717, 1.165) is 13.1 Å². The van der Waals surface area contributed by atoms with Gasteiger partial charge in [-0.25, -0.2) is 9.78 Å². The second-order valence-electron chi connectivity index (χ2n) is 8.65. The summed E-state index contributed by atoms with van der Waals surface area (Å²) in [6, 6.07) is 7.90. The van der Waals surface area contributed by atoms with Gasteiger partial charge in [-0.05, 0) is 32.8 Å². The Morgan fingerprint density at radius 2 is 1.77 bits per heavy atom. The average molecular weight is 426 g/mol. The van der Waals surface area contributed by atoms with E-state index in [1.807, 2.05) is 17.0 Å². The molecule has 166 valence electrons. The summed E-state index contributed by atoms with van der Waals surface area (Å²) in [6.07, 6.45) is 7.48. The normalized spacial score (nSPS) is 18.4. The number of piperazine rings is 1. The number of oxazole rings is 1. The lowest BCUT2D eigenvalue weighted by Gasteiger charge is -2.40. The van der Waals surface area contributed by atoms with E-state index >= 15 is 0 Å². The first-order valence-corrected chi connectivity index (χ1v) is 11.3. The molecule has 7 nitrogen and oxygen atoms in total. The highest BCUT2D eigenvalue weighted by atomic mass is 16.5. The van der Waals surface area contributed by atoms with Crippen molar-refractivity contribution < 1.29 is 18.7 Å². The predicted molar refractivity (Wildman–Crippen MR) is 117 cm³/mol. The van der Waals surface area contributed by atoms with Crippen LogP contribution in [0.15, 0.2) is 35.1 Å². The summed E-state index contributed by atoms with van der Waals surface area (Å²) in [4.78, 5) is 34.3. The molecule has 2 heterocycles. The third-order valence-electron chi connectivity index (χ3n) is 6.20. The number of esters is 1. The van der Waals surface area contributed by atoms with Gasteiger partial charge in [0.05, 0.1) is 11.7 Å². The Bertz CT molecular complexity index is 909. The zero-order valence-electron chi connectivity index (χ0n) is 18.4. The minimum atomic E-state index is -0.554. The van der Waals surface area contributed by atoms with Crippen molar-refractivity contribution >= 4 is 11.9 Å². The summed E-state index contributed by atoms with van der Waals surface area (Å²) in [5.74, 6) is -0.323. The van der Waals surface area contributed by atoms with Gasteiger partial charge in [-0.15, -0.1) is 0 Å².